The summed E-state index contributed by atoms with van der Waals surface area (Å²) in [5.41, 5.74) is -0.00301. The molecule has 0 unspecified atom stereocenters. The van der Waals surface area contributed by atoms with Gasteiger partial charge in [-0.2, -0.15) is 26.4 Å². The minimum absolute atomic E-state index is 0.0476. The molecule has 30 heavy (non-hydrogen) atoms. The zero-order valence-electron chi connectivity index (χ0n) is 15.4. The highest BCUT2D eigenvalue weighted by Gasteiger charge is 2.34. The third kappa shape index (κ3) is 8.91. The molecule has 0 radical (unpaired) electrons. The molecule has 0 bridgehead atoms. The molecule has 0 fully saturated rings. The molecule has 0 heterocycles. The summed E-state index contributed by atoms with van der Waals surface area (Å²) in [5.74, 6) is 0. The first-order valence-corrected chi connectivity index (χ1v) is 10.5. The maximum Gasteiger partial charge on any atom is 0.417 e. The maximum absolute atomic E-state index is 13.3. The van der Waals surface area contributed by atoms with Crippen LogP contribution in [0.1, 0.15) is 36.5 Å². The molecular formula is C18H16Cl3F3N2O3S. The van der Waals surface area contributed by atoms with Crippen LogP contribution in [0.15, 0.2) is 41.6 Å². The van der Waals surface area contributed by atoms with E-state index in [4.69, 9.17) is 52.8 Å². The molecule has 0 amide bonds. The number of hydrogen-bond donors (Lipinski definition) is 1. The van der Waals surface area contributed by atoms with Gasteiger partial charge in [0.1, 0.15) is 6.61 Å². The van der Waals surface area contributed by atoms with Gasteiger partial charge in [-0.15, -0.1) is 0 Å². The standard InChI is InChI=1S/C18H15Cl3F3NO.HNO2S/c1-2-3-17(13-9-12(19)5-6-14(13)18(22,23)24)25-26-10-11-4-7-15(20)16(21)8-11;1-4(2)3/h4-9H,2-3,10H2,1H3;1H/b25-17+;. The summed E-state index contributed by atoms with van der Waals surface area (Å²) >= 11 is 17.7. The largest absolute Gasteiger partial charge is 0.417 e. The molecule has 164 valence electrons. The van der Waals surface area contributed by atoms with E-state index in [2.05, 4.69) is 5.16 Å². The predicted molar refractivity (Wildman–Crippen MR) is 111 cm³/mol. The van der Waals surface area contributed by atoms with Gasteiger partial charge in [0.05, 0.1) is 21.3 Å². The van der Waals surface area contributed by atoms with E-state index in [1.807, 2.05) is 6.92 Å². The van der Waals surface area contributed by atoms with Gasteiger partial charge < -0.3 is 4.84 Å². The smallest absolute Gasteiger partial charge is 0.391 e. The molecule has 0 saturated heterocycles. The highest BCUT2D eigenvalue weighted by atomic mass is 35.5. The molecule has 2 aromatic carbocycles. The Hall–Kier alpha value is -1.81. The topological polar surface area (TPSA) is 79.6 Å². The fraction of sp³-hybridized carbons (Fsp3) is 0.278. The van der Waals surface area contributed by atoms with Gasteiger partial charge in [0, 0.05) is 10.6 Å². The molecule has 0 aliphatic carbocycles. The van der Waals surface area contributed by atoms with Crippen molar-refractivity contribution < 1.29 is 26.4 Å². The first-order chi connectivity index (χ1) is 14.0. The quantitative estimate of drug-likeness (QED) is 0.340. The fourth-order valence-corrected chi connectivity index (χ4v) is 2.78. The van der Waals surface area contributed by atoms with Crippen LogP contribution in [0.4, 0.5) is 13.2 Å². The van der Waals surface area contributed by atoms with Gasteiger partial charge in [-0.3, -0.25) is 0 Å². The highest BCUT2D eigenvalue weighted by molar-refractivity contribution is 7.60. The van der Waals surface area contributed by atoms with Gasteiger partial charge in [-0.25, -0.2) is 0 Å². The molecule has 12 heteroatoms. The molecule has 0 aliphatic rings. The molecule has 0 spiro atoms. The van der Waals surface area contributed by atoms with Gasteiger partial charge in [0.2, 0.25) is 0 Å². The maximum atomic E-state index is 13.3. The van der Waals surface area contributed by atoms with E-state index < -0.39 is 22.2 Å². The number of nitrogens with one attached hydrogen (secondary N) is 1. The van der Waals surface area contributed by atoms with Crippen molar-refractivity contribution >= 4 is 51.0 Å². The van der Waals surface area contributed by atoms with Crippen LogP contribution in [0, 0.1) is 4.78 Å². The Bertz CT molecular complexity index is 1010. The summed E-state index contributed by atoms with van der Waals surface area (Å²) in [4.78, 5) is 5.27. The SMILES string of the molecule is CCC/C(=N\OCc1ccc(Cl)c(Cl)c1)c1cc(Cl)ccc1C(F)(F)F.N=S(=O)=O. The molecule has 0 aromatic heterocycles. The van der Waals surface area contributed by atoms with Crippen LogP contribution < -0.4 is 0 Å². The van der Waals surface area contributed by atoms with Crippen LogP contribution in [0.2, 0.25) is 15.1 Å². The van der Waals surface area contributed by atoms with Gasteiger partial charge in [-0.05, 0) is 42.3 Å². The normalized spacial score (nSPS) is 11.5. The molecule has 0 atom stereocenters. The lowest BCUT2D eigenvalue weighted by Crippen LogP contribution is -2.14. The molecule has 0 saturated carbocycles. The van der Waals surface area contributed by atoms with E-state index in [1.165, 1.54) is 12.1 Å². The van der Waals surface area contributed by atoms with E-state index in [-0.39, 0.29) is 22.9 Å². The van der Waals surface area contributed by atoms with E-state index >= 15 is 0 Å². The molecule has 0 aliphatic heterocycles. The van der Waals surface area contributed by atoms with E-state index in [9.17, 15) is 13.2 Å². The van der Waals surface area contributed by atoms with Gasteiger partial charge in [0.15, 0.2) is 0 Å². The summed E-state index contributed by atoms with van der Waals surface area (Å²) in [7, 11) is -2.61. The zero-order chi connectivity index (χ0) is 22.9. The lowest BCUT2D eigenvalue weighted by molar-refractivity contribution is -0.137. The average molecular weight is 504 g/mol. The average Bonchev–Trinajstić information content (AvgIpc) is 2.62. The van der Waals surface area contributed by atoms with E-state index in [1.54, 1.807) is 18.2 Å². The van der Waals surface area contributed by atoms with Crippen molar-refractivity contribution in [1.29, 1.82) is 4.78 Å². The van der Waals surface area contributed by atoms with Crippen LogP contribution >= 0.6 is 34.8 Å². The Balaban J connectivity index is 0.00000103. The highest BCUT2D eigenvalue weighted by Crippen LogP contribution is 2.34. The molecule has 1 N–H and O–H groups in total. The monoisotopic (exact) mass is 502 g/mol. The van der Waals surface area contributed by atoms with Gasteiger partial charge in [-0.1, -0.05) is 59.4 Å². The van der Waals surface area contributed by atoms with Crippen LogP contribution in [0.5, 0.6) is 0 Å². The summed E-state index contributed by atoms with van der Waals surface area (Å²) in [6, 6.07) is 8.32. The Morgan fingerprint density at radius 1 is 1.10 bits per heavy atom. The third-order valence-electron chi connectivity index (χ3n) is 3.47. The summed E-state index contributed by atoms with van der Waals surface area (Å²) in [5, 5.41) is 4.89. The van der Waals surface area contributed by atoms with Crippen molar-refractivity contribution in [3.05, 3.63) is 68.2 Å². The Morgan fingerprint density at radius 3 is 2.27 bits per heavy atom. The number of oxime groups is 1. The number of halogens is 6. The van der Waals surface area contributed by atoms with Crippen LogP contribution in [-0.2, 0) is 28.1 Å². The number of hydrogen-bond acceptors (Lipinski definition) is 5. The van der Waals surface area contributed by atoms with Crippen molar-refractivity contribution in [3.63, 3.8) is 0 Å². The third-order valence-corrected chi connectivity index (χ3v) is 4.45. The summed E-state index contributed by atoms with van der Waals surface area (Å²) in [6.45, 7) is 1.89. The second-order valence-electron chi connectivity index (χ2n) is 5.73. The molecule has 2 aromatic rings. The van der Waals surface area contributed by atoms with Gasteiger partial charge >= 0.3 is 16.7 Å². The molecule has 2 rings (SSSR count). The van der Waals surface area contributed by atoms with E-state index in [0.29, 0.717) is 28.5 Å². The zero-order valence-corrected chi connectivity index (χ0v) is 18.5. The first-order valence-electron chi connectivity index (χ1n) is 8.26. The second-order valence-corrected chi connectivity index (χ2v) is 7.45. The van der Waals surface area contributed by atoms with Crippen LogP contribution in [-0.4, -0.2) is 14.1 Å². The lowest BCUT2D eigenvalue weighted by atomic mass is 9.99. The number of benzene rings is 2. The van der Waals surface area contributed by atoms with Crippen molar-refractivity contribution in [1.82, 2.24) is 0 Å². The lowest BCUT2D eigenvalue weighted by Gasteiger charge is -2.14. The fourth-order valence-electron chi connectivity index (χ4n) is 2.28. The van der Waals surface area contributed by atoms with Crippen molar-refractivity contribution in [2.75, 3.05) is 0 Å². The Morgan fingerprint density at radius 2 is 1.73 bits per heavy atom. The summed E-state index contributed by atoms with van der Waals surface area (Å²) < 4.78 is 62.7. The minimum atomic E-state index is -4.52. The Kier molecular flexibility index (Phi) is 10.6. The number of alkyl halides is 3. The molecular weight excluding hydrogens is 488 g/mol. The van der Waals surface area contributed by atoms with E-state index in [0.717, 1.165) is 6.07 Å². The van der Waals surface area contributed by atoms with Crippen LogP contribution in [0.25, 0.3) is 0 Å². The number of nitrogens with zero attached hydrogens (tertiary/aromatic N) is 1. The second kappa shape index (κ2) is 12.1. The van der Waals surface area contributed by atoms with Crippen molar-refractivity contribution in [2.45, 2.75) is 32.5 Å². The van der Waals surface area contributed by atoms with Crippen molar-refractivity contribution in [3.8, 4) is 0 Å². The van der Waals surface area contributed by atoms with Crippen molar-refractivity contribution in [2.24, 2.45) is 5.16 Å². The molecule has 5 nitrogen and oxygen atoms in total. The first kappa shape index (κ1) is 26.2. The van der Waals surface area contributed by atoms with Crippen LogP contribution in [0.3, 0.4) is 0 Å². The van der Waals surface area contributed by atoms with Gasteiger partial charge in [0.25, 0.3) is 0 Å². The Labute approximate surface area is 187 Å². The predicted octanol–water partition coefficient (Wildman–Crippen LogP) is 7.01. The number of rotatable bonds is 6. The minimum Gasteiger partial charge on any atom is -0.391 e. The summed E-state index contributed by atoms with van der Waals surface area (Å²) in [6.07, 6.45) is -3.61.